The van der Waals surface area contributed by atoms with E-state index in [2.05, 4.69) is 0 Å². The van der Waals surface area contributed by atoms with E-state index in [1.165, 1.54) is 0 Å². The van der Waals surface area contributed by atoms with Gasteiger partial charge in [-0.2, -0.15) is 0 Å². The largest absolute Gasteiger partial charge is 0.459 e. The molecule has 0 saturated heterocycles. The number of carbonyl (C=O) groups excluding carboxylic acids is 2. The van der Waals surface area contributed by atoms with E-state index in [0.717, 1.165) is 0 Å². The molecule has 0 fully saturated rings. The van der Waals surface area contributed by atoms with Crippen molar-refractivity contribution in [3.05, 3.63) is 71.8 Å². The maximum absolute atomic E-state index is 11.9. The lowest BCUT2D eigenvalue weighted by Crippen LogP contribution is -2.33. The van der Waals surface area contributed by atoms with Gasteiger partial charge in [-0.25, -0.2) is 9.59 Å². The highest BCUT2D eigenvalue weighted by Gasteiger charge is 2.21. The third-order valence-corrected chi connectivity index (χ3v) is 3.24. The van der Waals surface area contributed by atoms with Crippen LogP contribution in [0.15, 0.2) is 60.7 Å². The van der Waals surface area contributed by atoms with Crippen LogP contribution in [0.1, 0.15) is 27.6 Å². The molecule has 2 atom stereocenters. The Morgan fingerprint density at radius 3 is 1.91 bits per heavy atom. The van der Waals surface area contributed by atoms with Crippen LogP contribution in [0.4, 0.5) is 0 Å². The zero-order valence-corrected chi connectivity index (χ0v) is 12.7. The highest BCUT2D eigenvalue weighted by atomic mass is 16.6. The van der Waals surface area contributed by atoms with Crippen molar-refractivity contribution in [1.82, 2.24) is 0 Å². The Labute approximate surface area is 134 Å². The SMILES string of the molecule is C[C@H](OC(=O)c1ccccc1)C(O)COC(=O)c1ccccc1. The molecule has 1 unspecified atom stereocenters. The normalized spacial score (nSPS) is 13.0. The van der Waals surface area contributed by atoms with Gasteiger partial charge < -0.3 is 14.6 Å². The van der Waals surface area contributed by atoms with Crippen LogP contribution in [0.2, 0.25) is 0 Å². The van der Waals surface area contributed by atoms with Crippen molar-refractivity contribution in [3.8, 4) is 0 Å². The Kier molecular flexibility index (Phi) is 5.88. The predicted octanol–water partition coefficient (Wildman–Crippen LogP) is 2.45. The van der Waals surface area contributed by atoms with E-state index in [1.54, 1.807) is 67.6 Å². The van der Waals surface area contributed by atoms with Gasteiger partial charge in [0.05, 0.1) is 11.1 Å². The molecule has 2 aromatic rings. The van der Waals surface area contributed by atoms with Crippen LogP contribution in [0, 0.1) is 0 Å². The highest BCUT2D eigenvalue weighted by Crippen LogP contribution is 2.08. The number of rotatable bonds is 6. The predicted molar refractivity (Wildman–Crippen MR) is 84.1 cm³/mol. The third kappa shape index (κ3) is 4.93. The Balaban J connectivity index is 1.82. The first-order chi connectivity index (χ1) is 11.1. The molecule has 0 aliphatic rings. The van der Waals surface area contributed by atoms with Gasteiger partial charge >= 0.3 is 11.9 Å². The minimum atomic E-state index is -1.10. The lowest BCUT2D eigenvalue weighted by atomic mass is 10.2. The van der Waals surface area contributed by atoms with Gasteiger partial charge in [-0.15, -0.1) is 0 Å². The lowest BCUT2D eigenvalue weighted by Gasteiger charge is -2.19. The van der Waals surface area contributed by atoms with Crippen LogP contribution in [0.5, 0.6) is 0 Å². The van der Waals surface area contributed by atoms with E-state index < -0.39 is 24.1 Å². The van der Waals surface area contributed by atoms with Gasteiger partial charge in [0.15, 0.2) is 0 Å². The van der Waals surface area contributed by atoms with Crippen molar-refractivity contribution in [2.24, 2.45) is 0 Å². The molecule has 0 spiro atoms. The van der Waals surface area contributed by atoms with Crippen LogP contribution in [-0.4, -0.2) is 35.9 Å². The lowest BCUT2D eigenvalue weighted by molar-refractivity contribution is -0.0369. The summed E-state index contributed by atoms with van der Waals surface area (Å²) in [6.45, 7) is 1.29. The molecule has 0 saturated carbocycles. The second-order valence-corrected chi connectivity index (χ2v) is 5.01. The Bertz CT molecular complexity index is 639. The number of benzene rings is 2. The standard InChI is InChI=1S/C18H18O5/c1-13(23-18(21)15-10-6-3-7-11-15)16(19)12-22-17(20)14-8-4-2-5-9-14/h2-11,13,16,19H,12H2,1H3/t13-,16?/m0/s1. The molecule has 2 rings (SSSR count). The second-order valence-electron chi connectivity index (χ2n) is 5.01. The van der Waals surface area contributed by atoms with Crippen molar-refractivity contribution < 1.29 is 24.2 Å². The minimum absolute atomic E-state index is 0.253. The van der Waals surface area contributed by atoms with Crippen molar-refractivity contribution in [2.45, 2.75) is 19.1 Å². The van der Waals surface area contributed by atoms with Crippen LogP contribution >= 0.6 is 0 Å². The summed E-state index contributed by atoms with van der Waals surface area (Å²) in [7, 11) is 0. The average Bonchev–Trinajstić information content (AvgIpc) is 2.60. The van der Waals surface area contributed by atoms with Crippen molar-refractivity contribution in [2.75, 3.05) is 6.61 Å². The summed E-state index contributed by atoms with van der Waals surface area (Å²) in [6.07, 6.45) is -1.90. The van der Waals surface area contributed by atoms with E-state index in [1.807, 2.05) is 0 Å². The molecule has 0 bridgehead atoms. The first-order valence-electron chi connectivity index (χ1n) is 7.24. The summed E-state index contributed by atoms with van der Waals surface area (Å²) in [5.41, 5.74) is 0.793. The number of hydrogen-bond donors (Lipinski definition) is 1. The van der Waals surface area contributed by atoms with Crippen molar-refractivity contribution >= 4 is 11.9 Å². The average molecular weight is 314 g/mol. The van der Waals surface area contributed by atoms with Crippen molar-refractivity contribution in [1.29, 1.82) is 0 Å². The molecule has 0 aliphatic carbocycles. The van der Waals surface area contributed by atoms with Gasteiger partial charge in [-0.3, -0.25) is 0 Å². The van der Waals surface area contributed by atoms with E-state index in [9.17, 15) is 14.7 Å². The van der Waals surface area contributed by atoms with E-state index in [0.29, 0.717) is 11.1 Å². The molecule has 5 heteroatoms. The Morgan fingerprint density at radius 2 is 1.39 bits per heavy atom. The highest BCUT2D eigenvalue weighted by molar-refractivity contribution is 5.89. The zero-order valence-electron chi connectivity index (χ0n) is 12.7. The number of aliphatic hydroxyl groups excluding tert-OH is 1. The number of hydrogen-bond acceptors (Lipinski definition) is 5. The van der Waals surface area contributed by atoms with Gasteiger partial charge in [0.1, 0.15) is 18.8 Å². The molecule has 5 nitrogen and oxygen atoms in total. The number of aliphatic hydroxyl groups is 1. The second kappa shape index (κ2) is 8.10. The molecule has 1 N–H and O–H groups in total. The molecule has 0 aliphatic heterocycles. The van der Waals surface area contributed by atoms with Gasteiger partial charge in [-0.05, 0) is 31.2 Å². The summed E-state index contributed by atoms with van der Waals surface area (Å²) in [5.74, 6) is -1.07. The number of esters is 2. The first-order valence-corrected chi connectivity index (χ1v) is 7.24. The molecule has 23 heavy (non-hydrogen) atoms. The first kappa shape index (κ1) is 16.7. The fourth-order valence-electron chi connectivity index (χ4n) is 1.84. The van der Waals surface area contributed by atoms with Gasteiger partial charge in [-0.1, -0.05) is 36.4 Å². The molecule has 0 amide bonds. The van der Waals surface area contributed by atoms with Gasteiger partial charge in [0.2, 0.25) is 0 Å². The topological polar surface area (TPSA) is 72.8 Å². The molecule has 0 radical (unpaired) electrons. The van der Waals surface area contributed by atoms with Crippen LogP contribution in [0.3, 0.4) is 0 Å². The minimum Gasteiger partial charge on any atom is -0.459 e. The Hall–Kier alpha value is -2.66. The maximum Gasteiger partial charge on any atom is 0.338 e. The van der Waals surface area contributed by atoms with Crippen LogP contribution < -0.4 is 0 Å². The molecule has 0 heterocycles. The fraction of sp³-hybridized carbons (Fsp3) is 0.222. The van der Waals surface area contributed by atoms with Gasteiger partial charge in [0.25, 0.3) is 0 Å². The van der Waals surface area contributed by atoms with E-state index in [-0.39, 0.29) is 6.61 Å². The zero-order chi connectivity index (χ0) is 16.7. The summed E-state index contributed by atoms with van der Waals surface area (Å²) in [6, 6.07) is 16.9. The number of carbonyl (C=O) groups is 2. The summed E-state index contributed by atoms with van der Waals surface area (Å²) in [5, 5.41) is 9.95. The summed E-state index contributed by atoms with van der Waals surface area (Å²) in [4.78, 5) is 23.7. The molecule has 2 aromatic carbocycles. The quantitative estimate of drug-likeness (QED) is 0.829. The molecule has 120 valence electrons. The smallest absolute Gasteiger partial charge is 0.338 e. The number of ether oxygens (including phenoxy) is 2. The van der Waals surface area contributed by atoms with Crippen LogP contribution in [0.25, 0.3) is 0 Å². The third-order valence-electron chi connectivity index (χ3n) is 3.24. The molecular weight excluding hydrogens is 296 g/mol. The van der Waals surface area contributed by atoms with E-state index in [4.69, 9.17) is 9.47 Å². The molecule has 0 aromatic heterocycles. The van der Waals surface area contributed by atoms with Crippen molar-refractivity contribution in [3.63, 3.8) is 0 Å². The van der Waals surface area contributed by atoms with Crippen LogP contribution in [-0.2, 0) is 9.47 Å². The van der Waals surface area contributed by atoms with E-state index >= 15 is 0 Å². The fourth-order valence-corrected chi connectivity index (χ4v) is 1.84. The summed E-state index contributed by atoms with van der Waals surface area (Å²) < 4.78 is 10.2. The maximum atomic E-state index is 11.9. The summed E-state index contributed by atoms with van der Waals surface area (Å²) >= 11 is 0. The Morgan fingerprint density at radius 1 is 0.913 bits per heavy atom. The molecular formula is C18H18O5. The van der Waals surface area contributed by atoms with Gasteiger partial charge in [0, 0.05) is 0 Å². The monoisotopic (exact) mass is 314 g/mol.